The third kappa shape index (κ3) is 17.2. The van der Waals surface area contributed by atoms with Crippen molar-refractivity contribution in [3.05, 3.63) is 77.2 Å². The van der Waals surface area contributed by atoms with Crippen molar-refractivity contribution in [1.29, 1.82) is 0 Å². The summed E-state index contributed by atoms with van der Waals surface area (Å²) in [7, 11) is 0. The maximum absolute atomic E-state index is 13.8. The molecule has 131 heavy (non-hydrogen) atoms. The molecule has 0 radical (unpaired) electrons. The van der Waals surface area contributed by atoms with E-state index in [4.69, 9.17) is 29.8 Å². The lowest BCUT2D eigenvalue weighted by atomic mass is 9.48. The molecule has 5 heterocycles. The second-order valence-electron chi connectivity index (χ2n) is 49.9. The predicted molar refractivity (Wildman–Crippen MR) is 496 cm³/mol. The predicted octanol–water partition coefficient (Wildman–Crippen LogP) is 19.5. The highest BCUT2D eigenvalue weighted by atomic mass is 35.5. The Kier molecular flexibility index (Phi) is 24.8. The zero-order valence-electron chi connectivity index (χ0n) is 80.3. The van der Waals surface area contributed by atoms with E-state index in [1.54, 1.807) is 28.0 Å². The number of ketones is 4. The van der Waals surface area contributed by atoms with Crippen LogP contribution in [0, 0.1) is 213 Å². The summed E-state index contributed by atoms with van der Waals surface area (Å²) < 4.78 is 5.41. The number of hydrogen-bond donors (Lipinski definition) is 4. The van der Waals surface area contributed by atoms with Gasteiger partial charge in [-0.3, -0.25) is 33.2 Å². The van der Waals surface area contributed by atoms with Gasteiger partial charge in [-0.15, -0.1) is 20.4 Å². The van der Waals surface area contributed by atoms with Gasteiger partial charge in [0.1, 0.15) is 13.1 Å². The van der Waals surface area contributed by atoms with Gasteiger partial charge in [0.15, 0.2) is 40.9 Å². The molecule has 18 saturated carbocycles. The quantitative estimate of drug-likeness (QED) is 0.0667. The normalized spacial score (nSPS) is 45.9. The van der Waals surface area contributed by atoms with E-state index < -0.39 is 22.4 Å². The summed E-state index contributed by atoms with van der Waals surface area (Å²) in [6.07, 6.45) is 54.6. The van der Waals surface area contributed by atoms with Crippen LogP contribution in [0.4, 0.5) is 11.4 Å². The van der Waals surface area contributed by atoms with Gasteiger partial charge < -0.3 is 20.4 Å². The number of aryl methyl sites for hydroxylation is 1. The van der Waals surface area contributed by atoms with Gasteiger partial charge in [0.05, 0.1) is 67.1 Å². The van der Waals surface area contributed by atoms with Crippen molar-refractivity contribution < 1.29 is 39.6 Å². The van der Waals surface area contributed by atoms with Crippen molar-refractivity contribution in [2.24, 2.45) is 193 Å². The number of carbonyl (C=O) groups is 4. The van der Waals surface area contributed by atoms with E-state index in [0.29, 0.717) is 99.9 Å². The third-order valence-electron chi connectivity index (χ3n) is 42.4. The maximum Gasteiger partial charge on any atom is 0.242 e. The standard InChI is InChI=1S/C29H39N5O2.C28H38ClN3O2.C25H38N4O2.C24H38N4O2/c1-18-13-32-34(15-18)25-11-24(26(35)17-33-16-20(30-4)14-31-33)29(3)10-8-22-21-7-9-28(2,36)12-19(21)5-6-23(22)27(25)29;1-27(34)10-8-18-17(13-27)6-7-20-19(18)9-11-28(2)22(12-21(25(20)28)16-4-5-16)24(33)15-32-14-23(30-3)26(29)31-32;1-24(31)9-7-17-16(12-24)5-6-19-18(17)8-10-25(2)21(11-20(23(19)25)15-3-4-15)22(30)13-29-27-14-26-28-29;1-4-15-11-20(21(29)13-28-26-14-25-27-28)24(3)10-8-18-17-7-9-23(2,30)12-16(17)5-6-19(18)22(15)24/h13-16,19,21-25,27,36H,5-12,17H2,1-3H3;14,16-22,25,34H,4-13,15H2,1-2H3;14-21,23,31H,3-13H2,1-2H3;14-20,22,30H,4-13H2,1-3H3/t19-,21+,22-,23-,24-,25-,27-,28-,29-;17-,18+,19-,20-,21+,22-,25-,27-,28-;16-,17+,18-,19-,20+,21-,23-,24-,25-;15-,16-,17+,18-,19-,20-,22+,23-,24-/m1111/s1. The molecule has 18 aliphatic rings. The summed E-state index contributed by atoms with van der Waals surface area (Å²) in [4.78, 5) is 64.1. The molecule has 0 spiro atoms. The molecule has 0 aliphatic heterocycles. The van der Waals surface area contributed by atoms with Crippen molar-refractivity contribution in [2.45, 2.75) is 361 Å². The zero-order chi connectivity index (χ0) is 91.5. The highest BCUT2D eigenvalue weighted by molar-refractivity contribution is 6.32. The number of hydrogen-bond acceptors (Lipinski definition) is 17. The number of aliphatic hydroxyl groups is 4. The van der Waals surface area contributed by atoms with E-state index in [-0.39, 0.29) is 94.3 Å². The van der Waals surface area contributed by atoms with Crippen LogP contribution in [0.25, 0.3) is 9.69 Å². The molecule has 0 amide bonds. The molecule has 25 heteroatoms. The van der Waals surface area contributed by atoms with E-state index in [1.807, 2.05) is 33.9 Å². The fourth-order valence-corrected chi connectivity index (χ4v) is 37.1. The lowest BCUT2D eigenvalue weighted by Gasteiger charge is -2.57. The fraction of sp³-hybridized carbons (Fsp3) is 0.840. The first-order chi connectivity index (χ1) is 62.6. The van der Waals surface area contributed by atoms with Gasteiger partial charge in [0.25, 0.3) is 0 Å². The number of fused-ring (bicyclic) bond motifs is 20. The van der Waals surface area contributed by atoms with Crippen LogP contribution in [-0.2, 0) is 45.4 Å². The maximum atomic E-state index is 13.8. The number of nitrogens with zero attached hydrogens (tertiary/aromatic N) is 16. The number of Topliss-reactive ketones (excluding diaryl/α,β-unsaturated/α-hetero) is 4. The van der Waals surface area contributed by atoms with Gasteiger partial charge in [-0.25, -0.2) is 9.69 Å². The van der Waals surface area contributed by atoms with Crippen LogP contribution in [0.2, 0.25) is 5.15 Å². The fourth-order valence-electron chi connectivity index (χ4n) is 37.0. The number of carbonyl (C=O) groups excluding carboxylic acids is 4. The van der Waals surface area contributed by atoms with Gasteiger partial charge in [0.2, 0.25) is 11.4 Å². The lowest BCUT2D eigenvalue weighted by molar-refractivity contribution is -0.134. The van der Waals surface area contributed by atoms with Crippen LogP contribution in [0.1, 0.15) is 311 Å². The molecule has 18 aliphatic carbocycles. The van der Waals surface area contributed by atoms with Crippen LogP contribution in [0.15, 0.2) is 43.6 Å². The van der Waals surface area contributed by atoms with Gasteiger partial charge in [0, 0.05) is 42.3 Å². The Hall–Kier alpha value is -6.44. The van der Waals surface area contributed by atoms with E-state index in [1.165, 1.54) is 169 Å². The highest BCUT2D eigenvalue weighted by Crippen LogP contribution is 2.74. The number of rotatable bonds is 16. The molecular formula is C106H153ClN16O8. The van der Waals surface area contributed by atoms with Gasteiger partial charge in [-0.05, 0) is 451 Å². The molecule has 0 saturated heterocycles. The van der Waals surface area contributed by atoms with E-state index in [9.17, 15) is 39.6 Å². The first kappa shape index (κ1) is 92.3. The summed E-state index contributed by atoms with van der Waals surface area (Å²) in [6, 6.07) is 0.241. The molecule has 4 N–H and O–H groups in total. The minimum Gasteiger partial charge on any atom is -0.390 e. The number of aromatic nitrogens is 14. The Bertz CT molecular complexity index is 5050. The largest absolute Gasteiger partial charge is 0.390 e. The molecule has 5 aromatic rings. The smallest absolute Gasteiger partial charge is 0.242 e. The monoisotopic (exact) mass is 1810 g/mol. The van der Waals surface area contributed by atoms with Gasteiger partial charge in [-0.1, -0.05) is 52.6 Å². The first-order valence-corrected chi connectivity index (χ1v) is 52.9. The lowest BCUT2D eigenvalue weighted by Crippen LogP contribution is -2.52. The number of tetrazole rings is 2. The minimum absolute atomic E-state index is 0.0247. The summed E-state index contributed by atoms with van der Waals surface area (Å²) in [5.74, 6) is 19.6. The Morgan fingerprint density at radius 2 is 0.771 bits per heavy atom. The van der Waals surface area contributed by atoms with Crippen LogP contribution in [-0.4, -0.2) is 136 Å². The van der Waals surface area contributed by atoms with Gasteiger partial charge in [-0.2, -0.15) is 24.9 Å². The van der Waals surface area contributed by atoms with Crippen LogP contribution < -0.4 is 0 Å². The molecule has 23 rings (SSSR count). The van der Waals surface area contributed by atoms with Crippen molar-refractivity contribution >= 4 is 46.1 Å². The van der Waals surface area contributed by atoms with E-state index >= 15 is 0 Å². The van der Waals surface area contributed by atoms with Crippen molar-refractivity contribution in [2.75, 3.05) is 0 Å². The Balaban J connectivity index is 0.000000109. The second kappa shape index (κ2) is 35.2. The molecule has 0 unspecified atom stereocenters. The van der Waals surface area contributed by atoms with E-state index in [2.05, 4.69) is 103 Å². The Morgan fingerprint density at radius 1 is 0.397 bits per heavy atom. The van der Waals surface area contributed by atoms with E-state index in [0.717, 1.165) is 167 Å². The Labute approximate surface area is 782 Å². The van der Waals surface area contributed by atoms with Crippen LogP contribution >= 0.6 is 11.6 Å². The minimum atomic E-state index is -0.503. The molecule has 18 fully saturated rings. The summed E-state index contributed by atoms with van der Waals surface area (Å²) >= 11 is 6.08. The first-order valence-electron chi connectivity index (χ1n) is 52.5. The zero-order valence-corrected chi connectivity index (χ0v) is 81.1. The number of halogens is 1. The molecular weight excluding hydrogens is 1660 g/mol. The van der Waals surface area contributed by atoms with Gasteiger partial charge >= 0.3 is 0 Å². The molecule has 24 nitrogen and oxygen atoms in total. The molecule has 36 atom stereocenters. The average Bonchev–Trinajstić information content (AvgIpc) is 1.59. The highest BCUT2D eigenvalue weighted by Gasteiger charge is 2.69. The van der Waals surface area contributed by atoms with Crippen LogP contribution in [0.5, 0.6) is 0 Å². The summed E-state index contributed by atoms with van der Waals surface area (Å²) in [5, 5.41) is 79.8. The summed E-state index contributed by atoms with van der Waals surface area (Å²) in [5.41, 5.74) is 0.376. The third-order valence-corrected chi connectivity index (χ3v) is 42.6. The molecule has 0 bridgehead atoms. The van der Waals surface area contributed by atoms with Crippen molar-refractivity contribution in [3.8, 4) is 0 Å². The van der Waals surface area contributed by atoms with Crippen molar-refractivity contribution in [1.82, 2.24) is 69.8 Å². The SMILES string of the molecule is CC[C@@H]1C[C@H](C(=O)Cn2ncnn2)[C@@]2(C)CC[C@H]3[C@@H](CC[C@@H]4C[C@](C)(O)CC[C@@H]43)[C@H]12.C[C@@]1(O)CC[C@H]2[C@H](CC[C@@H]3[C@@H]2CC[C@@]2(C)[C@H]3[C@H](C3CC3)C[C@@H]2C(=O)Cn2ncnn2)C1.[C-]#[N+]c1cn(CC(=O)[C@H]2C[C@@H](C3CC3)[C@H]3[C@@H]4CC[C@@H]5C[C@](C)(O)CC[C@@H]5[C@H]4CC[C@@]32C)nc1Cl.[C-]#[N+]c1cnn(CC(=O)[C@H]2C[C@@H](n3cc(C)cn3)[C@H]3[C@@H]4CC[C@@H]5C[C@](C)(O)CC[C@@H]5[C@H]4CC[C@@]32C)c1. The summed E-state index contributed by atoms with van der Waals surface area (Å²) in [6.45, 7) is 37.8. The molecule has 0 aromatic carbocycles. The second-order valence-corrected chi connectivity index (χ2v) is 50.2. The van der Waals surface area contributed by atoms with Crippen molar-refractivity contribution in [3.63, 3.8) is 0 Å². The Morgan fingerprint density at radius 3 is 1.15 bits per heavy atom. The van der Waals surface area contributed by atoms with Crippen LogP contribution in [0.3, 0.4) is 0 Å². The molecule has 712 valence electrons. The average molecular weight is 1810 g/mol. The topological polar surface area (TPSA) is 299 Å². The molecule has 5 aromatic heterocycles.